The molecule has 4 rings (SSSR count). The molecule has 2 heterocycles. The van der Waals surface area contributed by atoms with Crippen molar-refractivity contribution in [3.8, 4) is 11.5 Å². The molecule has 0 atom stereocenters. The van der Waals surface area contributed by atoms with E-state index in [2.05, 4.69) is 15.5 Å². The maximum Gasteiger partial charge on any atom is 0.322 e. The molecule has 0 unspecified atom stereocenters. The summed E-state index contributed by atoms with van der Waals surface area (Å²) in [7, 11) is 0. The average molecular weight is 397 g/mol. The van der Waals surface area contributed by atoms with Crippen LogP contribution < -0.4 is 14.8 Å². The second kappa shape index (κ2) is 8.35. The molecule has 3 aromatic rings. The van der Waals surface area contributed by atoms with Gasteiger partial charge in [-0.3, -0.25) is 10.1 Å². The summed E-state index contributed by atoms with van der Waals surface area (Å²) in [5.74, 6) is 1.94. The molecule has 0 fully saturated rings. The standard InChI is InChI=1S/C20H19N3O4S/c1-13-2-5-15(6-3-13)28-12-18(24)21-20-23-22-19(27-20)11-14-4-7-16-17(10-14)26-9-8-25-16/h2-7,10H,8-9,11-12H2,1H3,(H,21,23,24). The van der Waals surface area contributed by atoms with Gasteiger partial charge in [0.25, 0.3) is 0 Å². The molecule has 1 N–H and O–H groups in total. The van der Waals surface area contributed by atoms with Gasteiger partial charge < -0.3 is 13.9 Å². The molecule has 7 nitrogen and oxygen atoms in total. The van der Waals surface area contributed by atoms with Crippen molar-refractivity contribution < 1.29 is 18.7 Å². The lowest BCUT2D eigenvalue weighted by molar-refractivity contribution is -0.113. The lowest BCUT2D eigenvalue weighted by atomic mass is 10.1. The van der Waals surface area contributed by atoms with Crippen LogP contribution in [0.25, 0.3) is 0 Å². The molecule has 0 radical (unpaired) electrons. The van der Waals surface area contributed by atoms with Gasteiger partial charge in [0, 0.05) is 4.90 Å². The summed E-state index contributed by atoms with van der Waals surface area (Å²) in [5.41, 5.74) is 2.14. The third-order valence-corrected chi connectivity index (χ3v) is 5.08. The van der Waals surface area contributed by atoms with Gasteiger partial charge in [-0.1, -0.05) is 28.9 Å². The second-order valence-electron chi connectivity index (χ2n) is 6.31. The third-order valence-electron chi connectivity index (χ3n) is 4.07. The van der Waals surface area contributed by atoms with Gasteiger partial charge in [0.1, 0.15) is 13.2 Å². The smallest absolute Gasteiger partial charge is 0.322 e. The number of aryl methyl sites for hydroxylation is 1. The van der Waals surface area contributed by atoms with Crippen LogP contribution in [0.3, 0.4) is 0 Å². The van der Waals surface area contributed by atoms with E-state index < -0.39 is 0 Å². The second-order valence-corrected chi connectivity index (χ2v) is 7.35. The van der Waals surface area contributed by atoms with Crippen LogP contribution in [-0.4, -0.2) is 35.1 Å². The Hall–Kier alpha value is -3.00. The molecule has 0 spiro atoms. The number of fused-ring (bicyclic) bond motifs is 1. The lowest BCUT2D eigenvalue weighted by Gasteiger charge is -2.18. The summed E-state index contributed by atoms with van der Waals surface area (Å²) in [6.45, 7) is 3.12. The molecular formula is C20H19N3O4S. The van der Waals surface area contributed by atoms with Crippen LogP contribution in [0.15, 0.2) is 51.8 Å². The fourth-order valence-electron chi connectivity index (χ4n) is 2.69. The highest BCUT2D eigenvalue weighted by Gasteiger charge is 2.14. The fraction of sp³-hybridized carbons (Fsp3) is 0.250. The van der Waals surface area contributed by atoms with Crippen LogP contribution in [-0.2, 0) is 11.2 Å². The third kappa shape index (κ3) is 4.64. The van der Waals surface area contributed by atoms with Crippen molar-refractivity contribution >= 4 is 23.7 Å². The Morgan fingerprint density at radius 1 is 1.07 bits per heavy atom. The normalized spacial score (nSPS) is 12.6. The molecule has 2 aromatic carbocycles. The van der Waals surface area contributed by atoms with Crippen LogP contribution in [0.5, 0.6) is 11.5 Å². The van der Waals surface area contributed by atoms with E-state index >= 15 is 0 Å². The summed E-state index contributed by atoms with van der Waals surface area (Å²) < 4.78 is 16.6. The Morgan fingerprint density at radius 2 is 1.86 bits per heavy atom. The van der Waals surface area contributed by atoms with Gasteiger partial charge in [0.05, 0.1) is 12.2 Å². The summed E-state index contributed by atoms with van der Waals surface area (Å²) in [4.78, 5) is 13.1. The van der Waals surface area contributed by atoms with E-state index in [0.29, 0.717) is 31.3 Å². The largest absolute Gasteiger partial charge is 0.486 e. The molecule has 1 aliphatic rings. The Kier molecular flexibility index (Phi) is 5.48. The fourth-order valence-corrected chi connectivity index (χ4v) is 3.39. The van der Waals surface area contributed by atoms with E-state index in [4.69, 9.17) is 13.9 Å². The highest BCUT2D eigenvalue weighted by atomic mass is 32.2. The molecule has 1 amide bonds. The topological polar surface area (TPSA) is 86.5 Å². The molecule has 1 aromatic heterocycles. The highest BCUT2D eigenvalue weighted by molar-refractivity contribution is 8.00. The number of thioether (sulfide) groups is 1. The number of benzene rings is 2. The van der Waals surface area contributed by atoms with Crippen LogP contribution >= 0.6 is 11.8 Å². The van der Waals surface area contributed by atoms with Gasteiger partial charge in [-0.05, 0) is 36.8 Å². The first-order chi connectivity index (χ1) is 13.7. The van der Waals surface area contributed by atoms with Gasteiger partial charge in [-0.25, -0.2) is 0 Å². The molecule has 0 bridgehead atoms. The molecule has 8 heteroatoms. The van der Waals surface area contributed by atoms with E-state index in [9.17, 15) is 4.79 Å². The molecule has 0 aliphatic carbocycles. The first-order valence-electron chi connectivity index (χ1n) is 8.86. The summed E-state index contributed by atoms with van der Waals surface area (Å²) >= 11 is 1.45. The van der Waals surface area contributed by atoms with Crippen molar-refractivity contribution in [1.29, 1.82) is 0 Å². The number of rotatable bonds is 6. The van der Waals surface area contributed by atoms with Gasteiger partial charge in [0.15, 0.2) is 11.5 Å². The van der Waals surface area contributed by atoms with Crippen molar-refractivity contribution in [3.05, 3.63) is 59.5 Å². The van der Waals surface area contributed by atoms with Crippen molar-refractivity contribution in [2.24, 2.45) is 0 Å². The van der Waals surface area contributed by atoms with Crippen LogP contribution in [0.1, 0.15) is 17.0 Å². The number of nitrogens with one attached hydrogen (secondary N) is 1. The number of aromatic nitrogens is 2. The van der Waals surface area contributed by atoms with Crippen molar-refractivity contribution in [1.82, 2.24) is 10.2 Å². The van der Waals surface area contributed by atoms with Gasteiger partial charge >= 0.3 is 6.01 Å². The molecular weight excluding hydrogens is 378 g/mol. The molecule has 0 saturated carbocycles. The zero-order valence-corrected chi connectivity index (χ0v) is 16.1. The first kappa shape index (κ1) is 18.4. The van der Waals surface area contributed by atoms with E-state index in [0.717, 1.165) is 16.2 Å². The number of carbonyl (C=O) groups excluding carboxylic acids is 1. The zero-order valence-electron chi connectivity index (χ0n) is 15.3. The number of hydrogen-bond acceptors (Lipinski definition) is 7. The number of nitrogens with zero attached hydrogens (tertiary/aromatic N) is 2. The Morgan fingerprint density at radius 3 is 2.68 bits per heavy atom. The predicted octanol–water partition coefficient (Wildman–Crippen LogP) is 3.47. The first-order valence-corrected chi connectivity index (χ1v) is 9.84. The van der Waals surface area contributed by atoms with Gasteiger partial charge in [-0.15, -0.1) is 16.9 Å². The van der Waals surface area contributed by atoms with E-state index in [1.165, 1.54) is 17.3 Å². The molecule has 1 aliphatic heterocycles. The lowest BCUT2D eigenvalue weighted by Crippen LogP contribution is -2.15. The summed E-state index contributed by atoms with van der Waals surface area (Å²) in [6, 6.07) is 13.8. The number of amides is 1. The quantitative estimate of drug-likeness (QED) is 0.637. The summed E-state index contributed by atoms with van der Waals surface area (Å²) in [5, 5.41) is 10.5. The minimum absolute atomic E-state index is 0.0991. The monoisotopic (exact) mass is 397 g/mol. The number of anilines is 1. The average Bonchev–Trinajstić information content (AvgIpc) is 3.14. The Labute approximate surface area is 166 Å². The van der Waals surface area contributed by atoms with Crippen molar-refractivity contribution in [3.63, 3.8) is 0 Å². The van der Waals surface area contributed by atoms with E-state index in [1.807, 2.05) is 49.4 Å². The molecule has 144 valence electrons. The number of ether oxygens (including phenoxy) is 2. The highest BCUT2D eigenvalue weighted by Crippen LogP contribution is 2.31. The maximum absolute atomic E-state index is 12.1. The van der Waals surface area contributed by atoms with Crippen LogP contribution in [0, 0.1) is 6.92 Å². The van der Waals surface area contributed by atoms with Gasteiger partial charge in [-0.2, -0.15) is 0 Å². The van der Waals surface area contributed by atoms with Crippen molar-refractivity contribution in [2.45, 2.75) is 18.2 Å². The minimum atomic E-state index is -0.194. The molecule has 28 heavy (non-hydrogen) atoms. The van der Waals surface area contributed by atoms with Crippen LogP contribution in [0.2, 0.25) is 0 Å². The maximum atomic E-state index is 12.1. The summed E-state index contributed by atoms with van der Waals surface area (Å²) in [6.07, 6.45) is 0.442. The SMILES string of the molecule is Cc1ccc(SCC(=O)Nc2nnc(Cc3ccc4c(c3)OCCO4)o2)cc1. The Balaban J connectivity index is 1.31. The van der Waals surface area contributed by atoms with E-state index in [-0.39, 0.29) is 17.7 Å². The minimum Gasteiger partial charge on any atom is -0.486 e. The van der Waals surface area contributed by atoms with Crippen LogP contribution in [0.4, 0.5) is 6.01 Å². The number of hydrogen-bond donors (Lipinski definition) is 1. The van der Waals surface area contributed by atoms with E-state index in [1.54, 1.807) is 0 Å². The Bertz CT molecular complexity index is 972. The predicted molar refractivity (Wildman–Crippen MR) is 105 cm³/mol. The molecule has 0 saturated heterocycles. The van der Waals surface area contributed by atoms with Crippen molar-refractivity contribution in [2.75, 3.05) is 24.3 Å². The van der Waals surface area contributed by atoms with Gasteiger partial charge in [0.2, 0.25) is 11.8 Å². The zero-order chi connectivity index (χ0) is 19.3. The number of carbonyl (C=O) groups is 1.